The van der Waals surface area contributed by atoms with Gasteiger partial charge in [-0.1, -0.05) is 59.9 Å². The Balaban J connectivity index is 1.64. The van der Waals surface area contributed by atoms with Crippen molar-refractivity contribution in [3.05, 3.63) is 70.8 Å². The molecule has 5 rings (SSSR count). The molecular formula is C21H17N3OS. The van der Waals surface area contributed by atoms with Crippen molar-refractivity contribution in [1.82, 2.24) is 14.5 Å². The number of thiazole rings is 1. The zero-order chi connectivity index (χ0) is 17.5. The van der Waals surface area contributed by atoms with Crippen LogP contribution >= 0.6 is 11.3 Å². The van der Waals surface area contributed by atoms with E-state index in [1.165, 1.54) is 16.9 Å². The molecule has 3 heterocycles. The number of benzene rings is 2. The van der Waals surface area contributed by atoms with Crippen molar-refractivity contribution in [3.63, 3.8) is 0 Å². The molecule has 1 aliphatic heterocycles. The van der Waals surface area contributed by atoms with Gasteiger partial charge in [0, 0.05) is 18.5 Å². The van der Waals surface area contributed by atoms with Crippen LogP contribution < -0.4 is 5.56 Å². The average molecular weight is 359 g/mol. The van der Waals surface area contributed by atoms with E-state index in [4.69, 9.17) is 4.98 Å². The highest BCUT2D eigenvalue weighted by Gasteiger charge is 2.18. The van der Waals surface area contributed by atoms with E-state index in [-0.39, 0.29) is 5.56 Å². The van der Waals surface area contributed by atoms with Crippen LogP contribution in [0.2, 0.25) is 0 Å². The quantitative estimate of drug-likeness (QED) is 0.528. The number of hydrogen-bond acceptors (Lipinski definition) is 4. The first-order chi connectivity index (χ1) is 12.8. The molecule has 4 nitrogen and oxygen atoms in total. The summed E-state index contributed by atoms with van der Waals surface area (Å²) in [4.78, 5) is 22.9. The summed E-state index contributed by atoms with van der Waals surface area (Å²) in [5, 5.41) is 0.852. The average Bonchev–Trinajstić information content (AvgIpc) is 3.13. The Morgan fingerprint density at radius 2 is 1.69 bits per heavy atom. The maximum absolute atomic E-state index is 12.8. The van der Waals surface area contributed by atoms with Crippen LogP contribution in [0.15, 0.2) is 59.4 Å². The van der Waals surface area contributed by atoms with Crippen molar-refractivity contribution in [2.75, 3.05) is 0 Å². The van der Waals surface area contributed by atoms with Crippen molar-refractivity contribution in [1.29, 1.82) is 0 Å². The minimum Gasteiger partial charge on any atom is -0.295 e. The second kappa shape index (κ2) is 6.18. The lowest BCUT2D eigenvalue weighted by Crippen LogP contribution is -2.28. The molecule has 5 heteroatoms. The zero-order valence-corrected chi connectivity index (χ0v) is 15.0. The highest BCUT2D eigenvalue weighted by atomic mass is 32.1. The molecule has 0 unspecified atom stereocenters. The molecule has 4 aromatic rings. The van der Waals surface area contributed by atoms with E-state index in [0.717, 1.165) is 52.6 Å². The summed E-state index contributed by atoms with van der Waals surface area (Å²) in [5.74, 6) is 0.905. The summed E-state index contributed by atoms with van der Waals surface area (Å²) < 4.78 is 1.80. The van der Waals surface area contributed by atoms with E-state index in [1.807, 2.05) is 30.3 Å². The summed E-state index contributed by atoms with van der Waals surface area (Å²) >= 11 is 1.51. The van der Waals surface area contributed by atoms with Gasteiger partial charge in [0.2, 0.25) is 0 Å². The van der Waals surface area contributed by atoms with Gasteiger partial charge in [0.05, 0.1) is 0 Å². The molecule has 0 saturated heterocycles. The second-order valence-electron chi connectivity index (χ2n) is 6.56. The van der Waals surface area contributed by atoms with E-state index < -0.39 is 0 Å². The molecule has 0 N–H and O–H groups in total. The first-order valence-electron chi connectivity index (χ1n) is 8.86. The van der Waals surface area contributed by atoms with Crippen molar-refractivity contribution in [2.24, 2.45) is 0 Å². The number of nitrogens with zero attached hydrogens (tertiary/aromatic N) is 3. The van der Waals surface area contributed by atoms with Gasteiger partial charge in [-0.3, -0.25) is 9.36 Å². The molecule has 0 saturated carbocycles. The molecule has 26 heavy (non-hydrogen) atoms. The van der Waals surface area contributed by atoms with E-state index >= 15 is 0 Å². The fourth-order valence-corrected chi connectivity index (χ4v) is 4.46. The van der Waals surface area contributed by atoms with Crippen LogP contribution in [-0.4, -0.2) is 14.5 Å². The van der Waals surface area contributed by atoms with Crippen LogP contribution in [-0.2, 0) is 13.0 Å². The number of hydrogen-bond donors (Lipinski definition) is 0. The van der Waals surface area contributed by atoms with Gasteiger partial charge >= 0.3 is 0 Å². The predicted octanol–water partition coefficient (Wildman–Crippen LogP) is 4.52. The van der Waals surface area contributed by atoms with Crippen LogP contribution in [0.4, 0.5) is 0 Å². The molecule has 0 amide bonds. The van der Waals surface area contributed by atoms with Crippen LogP contribution in [0.5, 0.6) is 0 Å². The van der Waals surface area contributed by atoms with E-state index in [2.05, 4.69) is 29.2 Å². The first-order valence-corrected chi connectivity index (χ1v) is 9.67. The highest BCUT2D eigenvalue weighted by Crippen LogP contribution is 2.31. The Labute approximate surface area is 154 Å². The minimum atomic E-state index is 0.00594. The third kappa shape index (κ3) is 2.56. The molecule has 0 atom stereocenters. The lowest BCUT2D eigenvalue weighted by molar-refractivity contribution is 0.501. The fraction of sp³-hybridized carbons (Fsp3) is 0.190. The van der Waals surface area contributed by atoms with Gasteiger partial charge < -0.3 is 0 Å². The Kier molecular flexibility index (Phi) is 3.68. The molecule has 0 aliphatic carbocycles. The molecule has 0 radical (unpaired) electrons. The van der Waals surface area contributed by atoms with Crippen LogP contribution in [0, 0.1) is 0 Å². The summed E-state index contributed by atoms with van der Waals surface area (Å²) in [6, 6.07) is 18.6. The number of aryl methyl sites for hydroxylation is 1. The molecule has 0 fully saturated rings. The lowest BCUT2D eigenvalue weighted by atomic mass is 10.0. The van der Waals surface area contributed by atoms with Crippen LogP contribution in [0.1, 0.15) is 18.7 Å². The van der Waals surface area contributed by atoms with E-state index in [9.17, 15) is 4.79 Å². The molecule has 0 spiro atoms. The molecule has 2 aromatic carbocycles. The lowest BCUT2D eigenvalue weighted by Gasteiger charge is -2.16. The third-order valence-corrected chi connectivity index (χ3v) is 5.85. The standard InChI is InChI=1S/C21H17N3OS/c25-21-18-20(22-17-11-4-5-12-24(17)21)26-19(23-18)16-10-6-9-15(13-16)14-7-2-1-3-8-14/h1-3,6-10,13H,4-5,11-12H2. The van der Waals surface area contributed by atoms with Gasteiger partial charge in [-0.15, -0.1) is 0 Å². The number of aromatic nitrogens is 3. The Morgan fingerprint density at radius 3 is 2.58 bits per heavy atom. The maximum Gasteiger partial charge on any atom is 0.280 e. The second-order valence-corrected chi connectivity index (χ2v) is 7.54. The van der Waals surface area contributed by atoms with E-state index in [0.29, 0.717) is 5.52 Å². The first kappa shape index (κ1) is 15.5. The molecule has 2 aromatic heterocycles. The summed E-state index contributed by atoms with van der Waals surface area (Å²) in [6.07, 6.45) is 3.01. The summed E-state index contributed by atoms with van der Waals surface area (Å²) in [6.45, 7) is 0.757. The van der Waals surface area contributed by atoms with Gasteiger partial charge in [0.1, 0.15) is 10.8 Å². The molecular weight excluding hydrogens is 342 g/mol. The van der Waals surface area contributed by atoms with Crippen molar-refractivity contribution < 1.29 is 0 Å². The number of rotatable bonds is 2. The Hall–Kier alpha value is -2.79. The summed E-state index contributed by atoms with van der Waals surface area (Å²) in [7, 11) is 0. The summed E-state index contributed by atoms with van der Waals surface area (Å²) in [5.41, 5.74) is 3.85. The molecule has 0 bridgehead atoms. The Morgan fingerprint density at radius 1 is 0.885 bits per heavy atom. The largest absolute Gasteiger partial charge is 0.295 e. The van der Waals surface area contributed by atoms with Gasteiger partial charge in [-0.2, -0.15) is 0 Å². The van der Waals surface area contributed by atoms with Crippen LogP contribution in [0.25, 0.3) is 32.0 Å². The smallest absolute Gasteiger partial charge is 0.280 e. The van der Waals surface area contributed by atoms with Gasteiger partial charge in [-0.25, -0.2) is 9.97 Å². The fourth-order valence-electron chi connectivity index (χ4n) is 3.51. The van der Waals surface area contributed by atoms with Crippen molar-refractivity contribution >= 4 is 21.7 Å². The van der Waals surface area contributed by atoms with Crippen molar-refractivity contribution in [3.8, 4) is 21.7 Å². The third-order valence-electron chi connectivity index (χ3n) is 4.85. The predicted molar refractivity (Wildman–Crippen MR) is 105 cm³/mol. The van der Waals surface area contributed by atoms with Gasteiger partial charge in [0.25, 0.3) is 5.56 Å². The van der Waals surface area contributed by atoms with Gasteiger partial charge in [0.15, 0.2) is 10.3 Å². The minimum absolute atomic E-state index is 0.00594. The molecule has 128 valence electrons. The normalized spacial score (nSPS) is 13.7. The van der Waals surface area contributed by atoms with Crippen molar-refractivity contribution in [2.45, 2.75) is 25.8 Å². The van der Waals surface area contributed by atoms with Crippen LogP contribution in [0.3, 0.4) is 0 Å². The zero-order valence-electron chi connectivity index (χ0n) is 14.2. The monoisotopic (exact) mass is 359 g/mol. The maximum atomic E-state index is 12.8. The van der Waals surface area contributed by atoms with E-state index in [1.54, 1.807) is 4.57 Å². The highest BCUT2D eigenvalue weighted by molar-refractivity contribution is 7.21. The SMILES string of the molecule is O=c1c2nc(-c3cccc(-c4ccccc4)c3)sc2nc2n1CCCC2. The Bertz CT molecular complexity index is 1160. The number of fused-ring (bicyclic) bond motifs is 2. The van der Waals surface area contributed by atoms with Gasteiger partial charge in [-0.05, 0) is 30.0 Å². The topological polar surface area (TPSA) is 47.8 Å². The molecule has 1 aliphatic rings.